The highest BCUT2D eigenvalue weighted by Gasteiger charge is 2.19. The molecular weight excluding hydrogens is 318 g/mol. The molecule has 2 aromatic rings. The lowest BCUT2D eigenvalue weighted by atomic mass is 10.2. The van der Waals surface area contributed by atoms with E-state index in [4.69, 9.17) is 22.4 Å². The minimum absolute atomic E-state index is 0.0935. The maximum absolute atomic E-state index is 7.92. The molecule has 0 aliphatic carbocycles. The van der Waals surface area contributed by atoms with Crippen molar-refractivity contribution in [2.24, 2.45) is 0 Å². The predicted molar refractivity (Wildman–Crippen MR) is 76.1 cm³/mol. The van der Waals surface area contributed by atoms with E-state index in [1.165, 1.54) is 0 Å². The molecular formula is C11H11BrClN5. The van der Waals surface area contributed by atoms with Crippen LogP contribution in [0.5, 0.6) is 0 Å². The average molecular weight is 329 g/mol. The maximum Gasteiger partial charge on any atom is 0.161 e. The molecule has 0 saturated carbocycles. The van der Waals surface area contributed by atoms with E-state index in [1.807, 2.05) is 11.5 Å². The summed E-state index contributed by atoms with van der Waals surface area (Å²) in [6.07, 6.45) is 1.61. The Morgan fingerprint density at radius 3 is 2.72 bits per heavy atom. The van der Waals surface area contributed by atoms with Gasteiger partial charge in [-0.2, -0.15) is 0 Å². The first-order valence-electron chi connectivity index (χ1n) is 5.32. The van der Waals surface area contributed by atoms with Crippen molar-refractivity contribution in [3.63, 3.8) is 0 Å². The van der Waals surface area contributed by atoms with Crippen LogP contribution in [0.4, 0.5) is 0 Å². The van der Waals surface area contributed by atoms with Crippen LogP contribution in [0.25, 0.3) is 11.0 Å². The second kappa shape index (κ2) is 4.78. The van der Waals surface area contributed by atoms with Crippen LogP contribution >= 0.6 is 27.5 Å². The molecule has 0 aliphatic heterocycles. The number of hydrogen-bond donors (Lipinski definition) is 2. The summed E-state index contributed by atoms with van der Waals surface area (Å²) in [5, 5.41) is 15.8. The smallest absolute Gasteiger partial charge is 0.161 e. The van der Waals surface area contributed by atoms with Gasteiger partial charge in [-0.15, -0.1) is 0 Å². The summed E-state index contributed by atoms with van der Waals surface area (Å²) in [5.74, 6) is 0.440. The number of nitrogens with one attached hydrogen (secondary N) is 2. The average Bonchev–Trinajstić information content (AvgIpc) is 2.73. The predicted octanol–water partition coefficient (Wildman–Crippen LogP) is 3.27. The van der Waals surface area contributed by atoms with Crippen molar-refractivity contribution in [1.29, 1.82) is 10.8 Å². The van der Waals surface area contributed by atoms with Gasteiger partial charge in [0.2, 0.25) is 0 Å². The fourth-order valence-corrected chi connectivity index (χ4v) is 2.43. The summed E-state index contributed by atoms with van der Waals surface area (Å²) in [6.45, 7) is 4.16. The van der Waals surface area contributed by atoms with Gasteiger partial charge in [0, 0.05) is 12.7 Å². The first-order valence-corrected chi connectivity index (χ1v) is 6.49. The van der Waals surface area contributed by atoms with E-state index in [9.17, 15) is 0 Å². The lowest BCUT2D eigenvalue weighted by Crippen LogP contribution is -2.16. The van der Waals surface area contributed by atoms with Crippen molar-refractivity contribution in [2.45, 2.75) is 20.4 Å². The summed E-state index contributed by atoms with van der Waals surface area (Å²) < 4.78 is 2.63. The fourth-order valence-electron chi connectivity index (χ4n) is 1.74. The Balaban J connectivity index is 2.85. The number of fused-ring (bicyclic) bond motifs is 1. The van der Waals surface area contributed by atoms with Crippen LogP contribution in [0.1, 0.15) is 19.7 Å². The van der Waals surface area contributed by atoms with Crippen molar-refractivity contribution in [3.05, 3.63) is 21.6 Å². The Kier molecular flexibility index (Phi) is 3.49. The van der Waals surface area contributed by atoms with Crippen molar-refractivity contribution < 1.29 is 0 Å². The molecule has 0 unspecified atom stereocenters. The van der Waals surface area contributed by atoms with Gasteiger partial charge in [-0.1, -0.05) is 11.6 Å². The van der Waals surface area contributed by atoms with E-state index in [0.29, 0.717) is 23.0 Å². The third-order valence-electron chi connectivity index (χ3n) is 2.60. The molecule has 0 spiro atoms. The van der Waals surface area contributed by atoms with Gasteiger partial charge in [0.25, 0.3) is 0 Å². The van der Waals surface area contributed by atoms with Crippen LogP contribution in [0.15, 0.2) is 10.7 Å². The van der Waals surface area contributed by atoms with Gasteiger partial charge in [-0.05, 0) is 29.8 Å². The highest BCUT2D eigenvalue weighted by atomic mass is 79.9. The monoisotopic (exact) mass is 327 g/mol. The molecule has 0 radical (unpaired) electrons. The molecule has 2 aromatic heterocycles. The number of aryl methyl sites for hydroxylation is 1. The molecule has 0 amide bonds. The second-order valence-electron chi connectivity index (χ2n) is 3.77. The molecule has 0 bridgehead atoms. The molecule has 0 atom stereocenters. The number of nitrogens with zero attached hydrogens (tertiary/aromatic N) is 3. The van der Waals surface area contributed by atoms with Gasteiger partial charge < -0.3 is 9.98 Å². The Morgan fingerprint density at radius 2 is 2.17 bits per heavy atom. The van der Waals surface area contributed by atoms with E-state index < -0.39 is 0 Å². The number of hydrogen-bond acceptors (Lipinski definition) is 4. The summed E-state index contributed by atoms with van der Waals surface area (Å²) in [5.41, 5.74) is 1.61. The van der Waals surface area contributed by atoms with Crippen LogP contribution in [0.3, 0.4) is 0 Å². The standard InChI is InChI=1S/C11H11BrClN5/c1-3-18-9-6(12)4-16-10(13)8(9)17-11(18)7(15)5(2)14/h4,14-15H,3H2,1-2H3. The number of imidazole rings is 1. The molecule has 2 rings (SSSR count). The second-order valence-corrected chi connectivity index (χ2v) is 4.99. The molecule has 2 heterocycles. The molecule has 94 valence electrons. The fraction of sp³-hybridized carbons (Fsp3) is 0.273. The SMILES string of the molecule is CCn1c(C(=N)C(C)=N)nc2c(Cl)ncc(Br)c21. The van der Waals surface area contributed by atoms with Gasteiger partial charge in [-0.3, -0.25) is 5.41 Å². The van der Waals surface area contributed by atoms with Crippen LogP contribution in [-0.2, 0) is 6.54 Å². The minimum atomic E-state index is 0.0935. The molecule has 0 saturated heterocycles. The van der Waals surface area contributed by atoms with Gasteiger partial charge in [0.05, 0.1) is 15.7 Å². The van der Waals surface area contributed by atoms with Gasteiger partial charge in [0.15, 0.2) is 11.0 Å². The molecule has 5 nitrogen and oxygen atoms in total. The molecule has 7 heteroatoms. The highest BCUT2D eigenvalue weighted by molar-refractivity contribution is 9.10. The van der Waals surface area contributed by atoms with Gasteiger partial charge in [0.1, 0.15) is 11.2 Å². The zero-order valence-corrected chi connectivity index (χ0v) is 12.2. The van der Waals surface area contributed by atoms with Crippen molar-refractivity contribution in [2.75, 3.05) is 0 Å². The van der Waals surface area contributed by atoms with Crippen molar-refractivity contribution >= 4 is 50.0 Å². The number of aromatic nitrogens is 3. The molecule has 0 fully saturated rings. The first kappa shape index (κ1) is 13.2. The molecule has 18 heavy (non-hydrogen) atoms. The van der Waals surface area contributed by atoms with E-state index >= 15 is 0 Å². The van der Waals surface area contributed by atoms with Gasteiger partial charge in [-0.25, -0.2) is 9.97 Å². The van der Waals surface area contributed by atoms with Crippen LogP contribution in [-0.4, -0.2) is 26.0 Å². The molecule has 0 aromatic carbocycles. The summed E-state index contributed by atoms with van der Waals surface area (Å²) in [6, 6.07) is 0. The topological polar surface area (TPSA) is 78.4 Å². The minimum Gasteiger partial charge on any atom is -0.322 e. The third kappa shape index (κ3) is 1.95. The van der Waals surface area contributed by atoms with Gasteiger partial charge >= 0.3 is 0 Å². The number of pyridine rings is 1. The number of halogens is 2. The normalized spacial score (nSPS) is 10.9. The highest BCUT2D eigenvalue weighted by Crippen LogP contribution is 2.29. The van der Waals surface area contributed by atoms with E-state index in [0.717, 1.165) is 9.99 Å². The molecule has 2 N–H and O–H groups in total. The third-order valence-corrected chi connectivity index (χ3v) is 3.45. The number of rotatable bonds is 3. The lowest BCUT2D eigenvalue weighted by Gasteiger charge is -2.06. The maximum atomic E-state index is 7.92. The van der Waals surface area contributed by atoms with Crippen molar-refractivity contribution in [3.8, 4) is 0 Å². The quantitative estimate of drug-likeness (QED) is 0.670. The van der Waals surface area contributed by atoms with Crippen LogP contribution in [0.2, 0.25) is 5.15 Å². The summed E-state index contributed by atoms with van der Waals surface area (Å²) in [4.78, 5) is 8.36. The zero-order chi connectivity index (χ0) is 13.4. The molecule has 0 aliphatic rings. The lowest BCUT2D eigenvalue weighted by molar-refractivity contribution is 0.776. The van der Waals surface area contributed by atoms with Crippen LogP contribution < -0.4 is 0 Å². The summed E-state index contributed by atoms with van der Waals surface area (Å²) in [7, 11) is 0. The largest absolute Gasteiger partial charge is 0.322 e. The zero-order valence-electron chi connectivity index (χ0n) is 9.88. The van der Waals surface area contributed by atoms with Crippen molar-refractivity contribution in [1.82, 2.24) is 14.5 Å². The van der Waals surface area contributed by atoms with E-state index in [1.54, 1.807) is 13.1 Å². The van der Waals surface area contributed by atoms with Crippen LogP contribution in [0, 0.1) is 10.8 Å². The Labute approximate surface area is 117 Å². The Hall–Kier alpha value is -1.27. The van der Waals surface area contributed by atoms with E-state index in [2.05, 4.69) is 25.9 Å². The van der Waals surface area contributed by atoms with E-state index in [-0.39, 0.29) is 11.4 Å². The Bertz CT molecular complexity index is 661. The Morgan fingerprint density at radius 1 is 1.50 bits per heavy atom. The summed E-state index contributed by atoms with van der Waals surface area (Å²) >= 11 is 9.44. The first-order chi connectivity index (χ1) is 8.47.